The lowest BCUT2D eigenvalue weighted by Crippen LogP contribution is -2.43. The number of rotatable bonds is 4. The zero-order valence-electron chi connectivity index (χ0n) is 7.77. The van der Waals surface area contributed by atoms with Gasteiger partial charge in [-0.25, -0.2) is 4.98 Å². The third kappa shape index (κ3) is 2.79. The third-order valence-electron chi connectivity index (χ3n) is 1.75. The number of amides is 1. The normalized spacial score (nSPS) is 14.8. The molecule has 0 spiro atoms. The SMILES string of the molecule is CC(O)C(N)CNC(=O)c1ncn[nH]1. The van der Waals surface area contributed by atoms with Crippen molar-refractivity contribution >= 4 is 5.91 Å². The summed E-state index contributed by atoms with van der Waals surface area (Å²) in [7, 11) is 0. The summed E-state index contributed by atoms with van der Waals surface area (Å²) in [6.07, 6.45) is 0.578. The van der Waals surface area contributed by atoms with Crippen molar-refractivity contribution in [2.24, 2.45) is 5.73 Å². The molecule has 2 unspecified atom stereocenters. The van der Waals surface area contributed by atoms with Crippen LogP contribution in [0, 0.1) is 0 Å². The lowest BCUT2D eigenvalue weighted by Gasteiger charge is -2.14. The molecule has 0 aliphatic carbocycles. The van der Waals surface area contributed by atoms with E-state index < -0.39 is 18.1 Å². The number of aromatic nitrogens is 3. The Morgan fingerprint density at radius 2 is 2.57 bits per heavy atom. The predicted molar refractivity (Wildman–Crippen MR) is 48.4 cm³/mol. The molecule has 78 valence electrons. The van der Waals surface area contributed by atoms with Crippen LogP contribution in [-0.4, -0.2) is 44.9 Å². The molecule has 0 radical (unpaired) electrons. The Labute approximate surface area is 80.7 Å². The Morgan fingerprint density at radius 1 is 1.86 bits per heavy atom. The molecule has 7 heteroatoms. The molecule has 0 fully saturated rings. The van der Waals surface area contributed by atoms with Crippen LogP contribution in [0.4, 0.5) is 0 Å². The van der Waals surface area contributed by atoms with Gasteiger partial charge in [0.15, 0.2) is 0 Å². The van der Waals surface area contributed by atoms with E-state index in [9.17, 15) is 4.79 Å². The monoisotopic (exact) mass is 199 g/mol. The van der Waals surface area contributed by atoms with Crippen LogP contribution in [0.1, 0.15) is 17.5 Å². The molecular formula is C7H13N5O2. The van der Waals surface area contributed by atoms with Gasteiger partial charge in [-0.15, -0.1) is 0 Å². The molecule has 5 N–H and O–H groups in total. The number of H-pyrrole nitrogens is 1. The van der Waals surface area contributed by atoms with E-state index >= 15 is 0 Å². The summed E-state index contributed by atoms with van der Waals surface area (Å²) in [5.41, 5.74) is 5.51. The second-order valence-electron chi connectivity index (χ2n) is 2.95. The second-order valence-corrected chi connectivity index (χ2v) is 2.95. The minimum Gasteiger partial charge on any atom is -0.392 e. The molecule has 1 rings (SSSR count). The number of aliphatic hydroxyl groups is 1. The highest BCUT2D eigenvalue weighted by atomic mass is 16.3. The Hall–Kier alpha value is -1.47. The van der Waals surface area contributed by atoms with Gasteiger partial charge < -0.3 is 16.2 Å². The van der Waals surface area contributed by atoms with Crippen LogP contribution < -0.4 is 11.1 Å². The smallest absolute Gasteiger partial charge is 0.288 e. The number of nitrogens with zero attached hydrogens (tertiary/aromatic N) is 2. The van der Waals surface area contributed by atoms with Crippen molar-refractivity contribution in [3.63, 3.8) is 0 Å². The van der Waals surface area contributed by atoms with Gasteiger partial charge in [-0.3, -0.25) is 9.89 Å². The van der Waals surface area contributed by atoms with Crippen molar-refractivity contribution in [1.29, 1.82) is 0 Å². The van der Waals surface area contributed by atoms with E-state index in [-0.39, 0.29) is 12.4 Å². The summed E-state index contributed by atoms with van der Waals surface area (Å²) in [6, 6.07) is -0.484. The average Bonchev–Trinajstić information content (AvgIpc) is 2.66. The maximum absolute atomic E-state index is 11.3. The number of aliphatic hydroxyl groups excluding tert-OH is 1. The Balaban J connectivity index is 2.36. The highest BCUT2D eigenvalue weighted by Gasteiger charge is 2.13. The van der Waals surface area contributed by atoms with E-state index in [1.165, 1.54) is 6.33 Å². The number of nitrogens with two attached hydrogens (primary N) is 1. The van der Waals surface area contributed by atoms with Crippen molar-refractivity contribution < 1.29 is 9.90 Å². The van der Waals surface area contributed by atoms with Crippen molar-refractivity contribution in [1.82, 2.24) is 20.5 Å². The van der Waals surface area contributed by atoms with Crippen molar-refractivity contribution in [2.45, 2.75) is 19.1 Å². The van der Waals surface area contributed by atoms with Crippen LogP contribution in [0.15, 0.2) is 6.33 Å². The fourth-order valence-electron chi connectivity index (χ4n) is 0.780. The molecule has 0 aromatic carbocycles. The number of carbonyl (C=O) groups is 1. The van der Waals surface area contributed by atoms with Gasteiger partial charge in [0, 0.05) is 12.6 Å². The molecule has 7 nitrogen and oxygen atoms in total. The number of aromatic amines is 1. The summed E-state index contributed by atoms with van der Waals surface area (Å²) in [4.78, 5) is 14.9. The van der Waals surface area contributed by atoms with Crippen LogP contribution in [0.2, 0.25) is 0 Å². The van der Waals surface area contributed by atoms with Gasteiger partial charge in [-0.05, 0) is 6.92 Å². The van der Waals surface area contributed by atoms with Crippen LogP contribution >= 0.6 is 0 Å². The molecule has 2 atom stereocenters. The molecule has 0 aliphatic heterocycles. The summed E-state index contributed by atoms with van der Waals surface area (Å²) in [5, 5.41) is 17.5. The van der Waals surface area contributed by atoms with Gasteiger partial charge >= 0.3 is 0 Å². The first-order valence-corrected chi connectivity index (χ1v) is 4.18. The highest BCUT2D eigenvalue weighted by Crippen LogP contribution is 1.88. The van der Waals surface area contributed by atoms with Gasteiger partial charge in [0.05, 0.1) is 6.10 Å². The zero-order valence-corrected chi connectivity index (χ0v) is 7.77. The molecule has 0 saturated carbocycles. The summed E-state index contributed by atoms with van der Waals surface area (Å²) < 4.78 is 0. The molecule has 14 heavy (non-hydrogen) atoms. The van der Waals surface area contributed by atoms with E-state index in [1.54, 1.807) is 6.92 Å². The third-order valence-corrected chi connectivity index (χ3v) is 1.75. The Bertz CT molecular complexity index is 284. The highest BCUT2D eigenvalue weighted by molar-refractivity contribution is 5.90. The minimum atomic E-state index is -0.662. The van der Waals surface area contributed by atoms with Gasteiger partial charge in [0.25, 0.3) is 5.91 Å². The molecule has 1 aromatic heterocycles. The minimum absolute atomic E-state index is 0.128. The number of carbonyl (C=O) groups excluding carboxylic acids is 1. The Kier molecular flexibility index (Phi) is 3.55. The van der Waals surface area contributed by atoms with Crippen LogP contribution in [0.5, 0.6) is 0 Å². The Morgan fingerprint density at radius 3 is 3.07 bits per heavy atom. The molecule has 1 amide bonds. The van der Waals surface area contributed by atoms with E-state index in [1.807, 2.05) is 0 Å². The van der Waals surface area contributed by atoms with Crippen LogP contribution in [-0.2, 0) is 0 Å². The van der Waals surface area contributed by atoms with Gasteiger partial charge in [0.1, 0.15) is 6.33 Å². The lowest BCUT2D eigenvalue weighted by atomic mass is 10.2. The quantitative estimate of drug-likeness (QED) is 0.458. The molecule has 1 aromatic rings. The zero-order chi connectivity index (χ0) is 10.6. The second kappa shape index (κ2) is 4.68. The molecule has 0 saturated heterocycles. The van der Waals surface area contributed by atoms with Crippen molar-refractivity contribution in [2.75, 3.05) is 6.54 Å². The van der Waals surface area contributed by atoms with Crippen LogP contribution in [0.3, 0.4) is 0 Å². The lowest BCUT2D eigenvalue weighted by molar-refractivity contribution is 0.0927. The first kappa shape index (κ1) is 10.6. The molecular weight excluding hydrogens is 186 g/mol. The number of hydrogen-bond acceptors (Lipinski definition) is 5. The van der Waals surface area contributed by atoms with E-state index in [2.05, 4.69) is 20.5 Å². The first-order chi connectivity index (χ1) is 6.61. The van der Waals surface area contributed by atoms with Crippen molar-refractivity contribution in [3.8, 4) is 0 Å². The van der Waals surface area contributed by atoms with Crippen LogP contribution in [0.25, 0.3) is 0 Å². The van der Waals surface area contributed by atoms with Gasteiger partial charge in [0.2, 0.25) is 5.82 Å². The van der Waals surface area contributed by atoms with Crippen molar-refractivity contribution in [3.05, 3.63) is 12.2 Å². The number of nitrogens with one attached hydrogen (secondary N) is 2. The molecule has 1 heterocycles. The number of hydrogen-bond donors (Lipinski definition) is 4. The fraction of sp³-hybridized carbons (Fsp3) is 0.571. The van der Waals surface area contributed by atoms with E-state index in [0.717, 1.165) is 0 Å². The summed E-state index contributed by atoms with van der Waals surface area (Å²) in [5.74, 6) is -0.263. The maximum Gasteiger partial charge on any atom is 0.288 e. The molecule has 0 bridgehead atoms. The topological polar surface area (TPSA) is 117 Å². The fourth-order valence-corrected chi connectivity index (χ4v) is 0.780. The van der Waals surface area contributed by atoms with Gasteiger partial charge in [-0.1, -0.05) is 0 Å². The maximum atomic E-state index is 11.3. The first-order valence-electron chi connectivity index (χ1n) is 4.18. The summed E-state index contributed by atoms with van der Waals surface area (Å²) in [6.45, 7) is 1.75. The predicted octanol–water partition coefficient (Wildman–Crippen LogP) is -1.76. The standard InChI is InChI=1S/C7H13N5O2/c1-4(13)5(8)2-9-7(14)6-10-3-11-12-6/h3-5,13H,2,8H2,1H3,(H,9,14)(H,10,11,12). The van der Waals surface area contributed by atoms with Gasteiger partial charge in [-0.2, -0.15) is 5.10 Å². The molecule has 0 aliphatic rings. The summed E-state index contributed by atoms with van der Waals surface area (Å²) >= 11 is 0. The largest absolute Gasteiger partial charge is 0.392 e. The van der Waals surface area contributed by atoms with E-state index in [4.69, 9.17) is 10.8 Å². The van der Waals surface area contributed by atoms with E-state index in [0.29, 0.717) is 0 Å². The average molecular weight is 199 g/mol.